The van der Waals surface area contributed by atoms with Gasteiger partial charge in [-0.25, -0.2) is 0 Å². The van der Waals surface area contributed by atoms with E-state index in [-0.39, 0.29) is 5.91 Å². The minimum Gasteiger partial charge on any atom is -0.378 e. The van der Waals surface area contributed by atoms with Crippen molar-refractivity contribution in [2.24, 2.45) is 0 Å². The summed E-state index contributed by atoms with van der Waals surface area (Å²) >= 11 is 0. The van der Waals surface area contributed by atoms with E-state index in [9.17, 15) is 4.79 Å². The quantitative estimate of drug-likeness (QED) is 0.780. The first-order valence-electron chi connectivity index (χ1n) is 8.05. The van der Waals surface area contributed by atoms with E-state index in [0.717, 1.165) is 22.5 Å². The molecule has 1 amide bonds. The van der Waals surface area contributed by atoms with Gasteiger partial charge in [0.25, 0.3) is 5.91 Å². The lowest BCUT2D eigenvalue weighted by Gasteiger charge is -2.14. The first-order valence-corrected chi connectivity index (χ1v) is 8.05. The summed E-state index contributed by atoms with van der Waals surface area (Å²) in [7, 11) is 3.90. The Morgan fingerprint density at radius 3 is 2.68 bits per heavy atom. The zero-order valence-electron chi connectivity index (χ0n) is 14.3. The van der Waals surface area contributed by atoms with E-state index in [1.54, 1.807) is 18.6 Å². The molecule has 2 aromatic heterocycles. The maximum atomic E-state index is 12.5. The number of hydrogen-bond acceptors (Lipinski definition) is 4. The molecule has 0 spiro atoms. The Balaban J connectivity index is 1.76. The minimum absolute atomic E-state index is 0.107. The summed E-state index contributed by atoms with van der Waals surface area (Å²) in [6.07, 6.45) is 5.24. The van der Waals surface area contributed by atoms with Gasteiger partial charge in [-0.1, -0.05) is 12.1 Å². The van der Waals surface area contributed by atoms with Crippen LogP contribution in [-0.4, -0.2) is 30.0 Å². The maximum absolute atomic E-state index is 12.5. The second-order valence-electron chi connectivity index (χ2n) is 5.88. The highest BCUT2D eigenvalue weighted by atomic mass is 16.1. The molecule has 0 unspecified atom stereocenters. The van der Waals surface area contributed by atoms with Crippen molar-refractivity contribution in [1.82, 2.24) is 15.3 Å². The van der Waals surface area contributed by atoms with Crippen LogP contribution in [0.25, 0.3) is 11.3 Å². The molecular weight excluding hydrogens is 312 g/mol. The predicted octanol–water partition coefficient (Wildman–Crippen LogP) is 3.14. The molecule has 126 valence electrons. The third-order valence-corrected chi connectivity index (χ3v) is 3.89. The number of rotatable bonds is 5. The molecule has 0 aliphatic rings. The molecule has 0 fully saturated rings. The Bertz CT molecular complexity index is 862. The van der Waals surface area contributed by atoms with Crippen LogP contribution < -0.4 is 10.2 Å². The summed E-state index contributed by atoms with van der Waals surface area (Å²) in [5, 5.41) is 2.97. The van der Waals surface area contributed by atoms with Gasteiger partial charge in [0, 0.05) is 56.0 Å². The SMILES string of the molecule is CN(C)c1cccc(C(=O)NCc2cccnc2-c2cccnc2)c1. The second kappa shape index (κ2) is 7.57. The van der Waals surface area contributed by atoms with Gasteiger partial charge in [0.05, 0.1) is 5.69 Å². The maximum Gasteiger partial charge on any atom is 0.251 e. The molecule has 0 bridgehead atoms. The van der Waals surface area contributed by atoms with Crippen LogP contribution in [0.1, 0.15) is 15.9 Å². The molecule has 0 aliphatic heterocycles. The molecule has 0 atom stereocenters. The average molecular weight is 332 g/mol. The fraction of sp³-hybridized carbons (Fsp3) is 0.150. The summed E-state index contributed by atoms with van der Waals surface area (Å²) < 4.78 is 0. The van der Waals surface area contributed by atoms with Gasteiger partial charge >= 0.3 is 0 Å². The molecule has 0 saturated heterocycles. The van der Waals surface area contributed by atoms with Gasteiger partial charge in [0.2, 0.25) is 0 Å². The number of carbonyl (C=O) groups is 1. The van der Waals surface area contributed by atoms with E-state index >= 15 is 0 Å². The third-order valence-electron chi connectivity index (χ3n) is 3.89. The first kappa shape index (κ1) is 16.6. The van der Waals surface area contributed by atoms with Gasteiger partial charge in [0.1, 0.15) is 0 Å². The van der Waals surface area contributed by atoms with Gasteiger partial charge in [0.15, 0.2) is 0 Å². The van der Waals surface area contributed by atoms with Crippen LogP contribution in [0.5, 0.6) is 0 Å². The molecule has 0 saturated carbocycles. The van der Waals surface area contributed by atoms with E-state index in [0.29, 0.717) is 12.1 Å². The van der Waals surface area contributed by atoms with Crippen molar-refractivity contribution in [3.05, 3.63) is 78.2 Å². The molecule has 1 N–H and O–H groups in total. The van der Waals surface area contributed by atoms with Crippen molar-refractivity contribution in [3.8, 4) is 11.3 Å². The fourth-order valence-corrected chi connectivity index (χ4v) is 2.55. The molecule has 0 radical (unpaired) electrons. The van der Waals surface area contributed by atoms with Crippen molar-refractivity contribution in [2.45, 2.75) is 6.54 Å². The fourth-order valence-electron chi connectivity index (χ4n) is 2.55. The summed E-state index contributed by atoms with van der Waals surface area (Å²) in [5.74, 6) is -0.107. The Hall–Kier alpha value is -3.21. The topological polar surface area (TPSA) is 58.1 Å². The van der Waals surface area contributed by atoms with E-state index < -0.39 is 0 Å². The van der Waals surface area contributed by atoms with Crippen LogP contribution in [0.2, 0.25) is 0 Å². The molecule has 3 rings (SSSR count). The normalized spacial score (nSPS) is 10.3. The van der Waals surface area contributed by atoms with E-state index in [4.69, 9.17) is 0 Å². The van der Waals surface area contributed by atoms with Crippen LogP contribution in [0.4, 0.5) is 5.69 Å². The largest absolute Gasteiger partial charge is 0.378 e. The lowest BCUT2D eigenvalue weighted by Crippen LogP contribution is -2.23. The molecule has 3 aromatic rings. The number of nitrogens with one attached hydrogen (secondary N) is 1. The van der Waals surface area contributed by atoms with Crippen molar-refractivity contribution >= 4 is 11.6 Å². The molecule has 5 nitrogen and oxygen atoms in total. The molecule has 1 aromatic carbocycles. The summed E-state index contributed by atoms with van der Waals surface area (Å²) in [6.45, 7) is 0.406. The molecule has 2 heterocycles. The van der Waals surface area contributed by atoms with Gasteiger partial charge in [-0.05, 0) is 42.0 Å². The van der Waals surface area contributed by atoms with E-state index in [1.165, 1.54) is 0 Å². The lowest BCUT2D eigenvalue weighted by molar-refractivity contribution is 0.0951. The van der Waals surface area contributed by atoms with Crippen molar-refractivity contribution in [2.75, 3.05) is 19.0 Å². The monoisotopic (exact) mass is 332 g/mol. The van der Waals surface area contributed by atoms with Gasteiger partial charge in [-0.2, -0.15) is 0 Å². The Morgan fingerprint density at radius 2 is 1.92 bits per heavy atom. The van der Waals surface area contributed by atoms with Gasteiger partial charge in [-0.15, -0.1) is 0 Å². The molecule has 0 aliphatic carbocycles. The smallest absolute Gasteiger partial charge is 0.251 e. The van der Waals surface area contributed by atoms with Gasteiger partial charge < -0.3 is 10.2 Å². The zero-order chi connectivity index (χ0) is 17.6. The van der Waals surface area contributed by atoms with Crippen molar-refractivity contribution in [1.29, 1.82) is 0 Å². The van der Waals surface area contributed by atoms with Crippen LogP contribution >= 0.6 is 0 Å². The van der Waals surface area contributed by atoms with E-state index in [1.807, 2.05) is 67.5 Å². The summed E-state index contributed by atoms with van der Waals surface area (Å²) in [4.78, 5) is 23.0. The molecular formula is C20H20N4O. The Morgan fingerprint density at radius 1 is 1.08 bits per heavy atom. The lowest BCUT2D eigenvalue weighted by atomic mass is 10.1. The summed E-state index contributed by atoms with van der Waals surface area (Å²) in [6, 6.07) is 15.2. The number of nitrogens with zero attached hydrogens (tertiary/aromatic N) is 3. The van der Waals surface area contributed by atoms with Crippen molar-refractivity contribution < 1.29 is 4.79 Å². The number of aromatic nitrogens is 2. The van der Waals surface area contributed by atoms with Gasteiger partial charge in [-0.3, -0.25) is 14.8 Å². The highest BCUT2D eigenvalue weighted by molar-refractivity contribution is 5.95. The number of hydrogen-bond donors (Lipinski definition) is 1. The average Bonchev–Trinajstić information content (AvgIpc) is 2.67. The summed E-state index contributed by atoms with van der Waals surface area (Å²) in [5.41, 5.74) is 4.34. The standard InChI is InChI=1S/C20H20N4O/c1-24(2)18-9-3-6-15(12-18)20(25)23-14-17-8-5-11-22-19(17)16-7-4-10-21-13-16/h3-13H,14H2,1-2H3,(H,23,25). The van der Waals surface area contributed by atoms with E-state index in [2.05, 4.69) is 15.3 Å². The number of anilines is 1. The number of benzene rings is 1. The Labute approximate surface area is 147 Å². The van der Waals surface area contributed by atoms with Crippen molar-refractivity contribution in [3.63, 3.8) is 0 Å². The minimum atomic E-state index is -0.107. The number of amides is 1. The second-order valence-corrected chi connectivity index (χ2v) is 5.88. The van der Waals surface area contributed by atoms with Crippen LogP contribution in [0.15, 0.2) is 67.1 Å². The molecule has 5 heteroatoms. The van der Waals surface area contributed by atoms with Crippen LogP contribution in [0.3, 0.4) is 0 Å². The zero-order valence-corrected chi connectivity index (χ0v) is 14.3. The van der Waals surface area contributed by atoms with Crippen LogP contribution in [-0.2, 0) is 6.54 Å². The highest BCUT2D eigenvalue weighted by Crippen LogP contribution is 2.20. The highest BCUT2D eigenvalue weighted by Gasteiger charge is 2.10. The third kappa shape index (κ3) is 4.01. The number of carbonyl (C=O) groups excluding carboxylic acids is 1. The predicted molar refractivity (Wildman–Crippen MR) is 99.4 cm³/mol. The first-order chi connectivity index (χ1) is 12.1. The number of pyridine rings is 2. The molecule has 25 heavy (non-hydrogen) atoms. The van der Waals surface area contributed by atoms with Crippen LogP contribution in [0, 0.1) is 0 Å². The Kier molecular flexibility index (Phi) is 5.04.